The first-order valence-electron chi connectivity index (χ1n) is 10.8. The van der Waals surface area contributed by atoms with Crippen LogP contribution in [0.1, 0.15) is 17.5 Å². The zero-order chi connectivity index (χ0) is 22.0. The van der Waals surface area contributed by atoms with Gasteiger partial charge in [0.25, 0.3) is 0 Å². The lowest BCUT2D eigenvalue weighted by Crippen LogP contribution is -2.44. The van der Waals surface area contributed by atoms with Crippen LogP contribution in [0.4, 0.5) is 11.4 Å². The summed E-state index contributed by atoms with van der Waals surface area (Å²) < 4.78 is 0. The van der Waals surface area contributed by atoms with E-state index in [9.17, 15) is 9.59 Å². The summed E-state index contributed by atoms with van der Waals surface area (Å²) in [6.07, 6.45) is 0.231. The number of carbonyl (C=O) groups is 2. The predicted molar refractivity (Wildman–Crippen MR) is 124 cm³/mol. The third-order valence-electron chi connectivity index (χ3n) is 6.24. The number of nitrogens with one attached hydrogen (secondary N) is 1. The third-order valence-corrected chi connectivity index (χ3v) is 6.61. The number of aryl methyl sites for hydroxylation is 1. The van der Waals surface area contributed by atoms with E-state index in [-0.39, 0.29) is 24.2 Å². The maximum atomic E-state index is 12.9. The van der Waals surface area contributed by atoms with Crippen molar-refractivity contribution >= 4 is 34.8 Å². The molecular formula is C24H29ClN4O2. The highest BCUT2D eigenvalue weighted by molar-refractivity contribution is 6.31. The summed E-state index contributed by atoms with van der Waals surface area (Å²) >= 11 is 6.23. The number of likely N-dealkylation sites (tertiary alicyclic amines) is 1. The highest BCUT2D eigenvalue weighted by atomic mass is 35.5. The van der Waals surface area contributed by atoms with E-state index in [0.29, 0.717) is 18.1 Å². The summed E-state index contributed by atoms with van der Waals surface area (Å²) in [7, 11) is 2.14. The number of amides is 2. The molecule has 0 spiro atoms. The first-order chi connectivity index (χ1) is 14.9. The number of piperazine rings is 1. The number of anilines is 2. The Labute approximate surface area is 188 Å². The molecule has 2 aliphatic heterocycles. The van der Waals surface area contributed by atoms with Crippen LogP contribution in [0.3, 0.4) is 0 Å². The van der Waals surface area contributed by atoms with Crippen molar-refractivity contribution in [3.8, 4) is 0 Å². The average molecular weight is 441 g/mol. The molecule has 0 bridgehead atoms. The molecule has 164 valence electrons. The first-order valence-corrected chi connectivity index (χ1v) is 11.1. The summed E-state index contributed by atoms with van der Waals surface area (Å²) in [6.45, 7) is 6.98. The lowest BCUT2D eigenvalue weighted by molar-refractivity contribution is -0.128. The second-order valence-corrected chi connectivity index (χ2v) is 8.95. The van der Waals surface area contributed by atoms with Crippen LogP contribution in [-0.2, 0) is 16.1 Å². The van der Waals surface area contributed by atoms with Crippen LogP contribution in [0.25, 0.3) is 0 Å². The van der Waals surface area contributed by atoms with Crippen molar-refractivity contribution in [3.05, 3.63) is 58.6 Å². The second-order valence-electron chi connectivity index (χ2n) is 8.55. The molecule has 0 unspecified atom stereocenters. The van der Waals surface area contributed by atoms with Gasteiger partial charge in [0, 0.05) is 62.1 Å². The number of hydrogen-bond acceptors (Lipinski definition) is 4. The number of rotatable bonds is 5. The molecule has 2 amide bonds. The summed E-state index contributed by atoms with van der Waals surface area (Å²) in [5.74, 6) is -0.473. The Balaban J connectivity index is 1.37. The van der Waals surface area contributed by atoms with Crippen molar-refractivity contribution in [1.29, 1.82) is 0 Å². The van der Waals surface area contributed by atoms with Gasteiger partial charge in [-0.2, -0.15) is 0 Å². The zero-order valence-electron chi connectivity index (χ0n) is 18.1. The van der Waals surface area contributed by atoms with E-state index in [4.69, 9.17) is 11.6 Å². The van der Waals surface area contributed by atoms with Gasteiger partial charge in [-0.05, 0) is 49.4 Å². The van der Waals surface area contributed by atoms with E-state index in [0.717, 1.165) is 43.0 Å². The van der Waals surface area contributed by atoms with Gasteiger partial charge in [-0.3, -0.25) is 9.59 Å². The molecule has 31 heavy (non-hydrogen) atoms. The molecule has 7 heteroatoms. The van der Waals surface area contributed by atoms with Crippen molar-refractivity contribution < 1.29 is 9.59 Å². The minimum absolute atomic E-state index is 0.0118. The number of likely N-dealkylation sites (N-methyl/N-ethyl adjacent to an activating group) is 1. The Morgan fingerprint density at radius 3 is 2.58 bits per heavy atom. The van der Waals surface area contributed by atoms with Gasteiger partial charge in [0.2, 0.25) is 11.8 Å². The van der Waals surface area contributed by atoms with Crippen molar-refractivity contribution in [2.75, 3.05) is 50.0 Å². The first kappa shape index (κ1) is 21.7. The summed E-state index contributed by atoms with van der Waals surface area (Å²) in [5.41, 5.74) is 3.92. The van der Waals surface area contributed by atoms with Gasteiger partial charge in [0.15, 0.2) is 0 Å². The lowest BCUT2D eigenvalue weighted by atomic mass is 10.1. The van der Waals surface area contributed by atoms with Crippen LogP contribution < -0.4 is 10.2 Å². The Kier molecular flexibility index (Phi) is 6.49. The number of hydrogen-bond donors (Lipinski definition) is 1. The maximum Gasteiger partial charge on any atom is 0.229 e. The third kappa shape index (κ3) is 5.02. The SMILES string of the molecule is Cc1cc(N2CCN(C)CC2)ccc1NC(=O)[C@H]1CC(=O)N(Cc2ccccc2Cl)C1. The molecule has 2 aromatic rings. The van der Waals surface area contributed by atoms with E-state index < -0.39 is 0 Å². The van der Waals surface area contributed by atoms with E-state index in [1.807, 2.05) is 37.3 Å². The van der Waals surface area contributed by atoms with Gasteiger partial charge < -0.3 is 20.0 Å². The number of benzene rings is 2. The minimum Gasteiger partial charge on any atom is -0.369 e. The number of halogens is 1. The molecule has 2 aromatic carbocycles. The molecule has 4 rings (SSSR count). The van der Waals surface area contributed by atoms with Crippen molar-refractivity contribution in [3.63, 3.8) is 0 Å². The maximum absolute atomic E-state index is 12.9. The van der Waals surface area contributed by atoms with Crippen LogP contribution in [-0.4, -0.2) is 61.4 Å². The Morgan fingerprint density at radius 2 is 1.87 bits per heavy atom. The summed E-state index contributed by atoms with van der Waals surface area (Å²) in [4.78, 5) is 31.8. The van der Waals surface area contributed by atoms with E-state index in [1.54, 1.807) is 4.90 Å². The van der Waals surface area contributed by atoms with Gasteiger partial charge in [-0.25, -0.2) is 0 Å². The lowest BCUT2D eigenvalue weighted by Gasteiger charge is -2.34. The molecule has 0 radical (unpaired) electrons. The summed E-state index contributed by atoms with van der Waals surface area (Å²) in [6, 6.07) is 13.7. The fourth-order valence-electron chi connectivity index (χ4n) is 4.22. The van der Waals surface area contributed by atoms with Gasteiger partial charge >= 0.3 is 0 Å². The Hall–Kier alpha value is -2.57. The van der Waals surface area contributed by atoms with Gasteiger partial charge in [-0.15, -0.1) is 0 Å². The molecule has 2 aliphatic rings. The average Bonchev–Trinajstić information content (AvgIpc) is 3.12. The molecule has 2 saturated heterocycles. The van der Waals surface area contributed by atoms with Crippen LogP contribution in [0, 0.1) is 12.8 Å². The number of nitrogens with zero attached hydrogens (tertiary/aromatic N) is 3. The molecule has 1 atom stereocenters. The zero-order valence-corrected chi connectivity index (χ0v) is 18.9. The quantitative estimate of drug-likeness (QED) is 0.774. The molecule has 0 saturated carbocycles. The topological polar surface area (TPSA) is 55.9 Å². The van der Waals surface area contributed by atoms with Gasteiger partial charge in [0.1, 0.15) is 0 Å². The van der Waals surface area contributed by atoms with Crippen LogP contribution in [0.2, 0.25) is 5.02 Å². The second kappa shape index (κ2) is 9.28. The molecule has 0 aliphatic carbocycles. The molecule has 2 fully saturated rings. The largest absolute Gasteiger partial charge is 0.369 e. The Morgan fingerprint density at radius 1 is 1.13 bits per heavy atom. The van der Waals surface area contributed by atoms with Crippen molar-refractivity contribution in [1.82, 2.24) is 9.80 Å². The normalized spacial score (nSPS) is 19.7. The molecule has 0 aromatic heterocycles. The Bertz CT molecular complexity index is 972. The molecule has 1 N–H and O–H groups in total. The predicted octanol–water partition coefficient (Wildman–Crippen LogP) is 3.39. The van der Waals surface area contributed by atoms with Crippen molar-refractivity contribution in [2.24, 2.45) is 5.92 Å². The van der Waals surface area contributed by atoms with E-state index in [2.05, 4.69) is 34.3 Å². The fourth-order valence-corrected chi connectivity index (χ4v) is 4.41. The van der Waals surface area contributed by atoms with Crippen LogP contribution >= 0.6 is 11.6 Å². The van der Waals surface area contributed by atoms with Crippen molar-refractivity contribution in [2.45, 2.75) is 19.9 Å². The van der Waals surface area contributed by atoms with Gasteiger partial charge in [0.05, 0.1) is 5.92 Å². The molecule has 6 nitrogen and oxygen atoms in total. The standard InChI is InChI=1S/C24H29ClN4O2/c1-17-13-20(28-11-9-27(2)10-12-28)7-8-22(17)26-24(31)19-14-23(30)29(16-19)15-18-5-3-4-6-21(18)25/h3-8,13,19H,9-12,14-16H2,1-2H3,(H,26,31)/t19-/m0/s1. The van der Waals surface area contributed by atoms with Crippen LogP contribution in [0.5, 0.6) is 0 Å². The van der Waals surface area contributed by atoms with E-state index in [1.165, 1.54) is 5.69 Å². The molecular weight excluding hydrogens is 412 g/mol. The highest BCUT2D eigenvalue weighted by Gasteiger charge is 2.34. The minimum atomic E-state index is -0.355. The fraction of sp³-hybridized carbons (Fsp3) is 0.417. The smallest absolute Gasteiger partial charge is 0.229 e. The number of carbonyl (C=O) groups excluding carboxylic acids is 2. The molecule has 2 heterocycles. The van der Waals surface area contributed by atoms with E-state index >= 15 is 0 Å². The monoisotopic (exact) mass is 440 g/mol. The van der Waals surface area contributed by atoms with Crippen LogP contribution in [0.15, 0.2) is 42.5 Å². The highest BCUT2D eigenvalue weighted by Crippen LogP contribution is 2.27. The summed E-state index contributed by atoms with van der Waals surface area (Å²) in [5, 5.41) is 3.67. The van der Waals surface area contributed by atoms with Gasteiger partial charge in [-0.1, -0.05) is 29.8 Å².